The summed E-state index contributed by atoms with van der Waals surface area (Å²) in [5.41, 5.74) is 1.58. The van der Waals surface area contributed by atoms with Crippen molar-refractivity contribution in [3.63, 3.8) is 0 Å². The second kappa shape index (κ2) is 9.51. The van der Waals surface area contributed by atoms with Gasteiger partial charge in [0.25, 0.3) is 0 Å². The van der Waals surface area contributed by atoms with E-state index in [0.717, 1.165) is 25.7 Å². The summed E-state index contributed by atoms with van der Waals surface area (Å²) in [4.78, 5) is 40.2. The molecule has 1 aliphatic carbocycles. The molecule has 0 saturated heterocycles. The molecule has 8 nitrogen and oxygen atoms in total. The van der Waals surface area contributed by atoms with Crippen LogP contribution in [0.4, 0.5) is 16.5 Å². The average molecular weight is 417 g/mol. The number of hydrogen-bond acceptors (Lipinski definition) is 6. The van der Waals surface area contributed by atoms with E-state index in [9.17, 15) is 14.4 Å². The third-order valence-corrected chi connectivity index (χ3v) is 5.45. The summed E-state index contributed by atoms with van der Waals surface area (Å²) in [7, 11) is 1.50. The number of hydrogen-bond donors (Lipinski definition) is 3. The maximum Gasteiger partial charge on any atom is 0.230 e. The Labute approximate surface area is 173 Å². The van der Waals surface area contributed by atoms with Crippen molar-refractivity contribution in [3.05, 3.63) is 29.3 Å². The molecule has 9 heteroatoms. The highest BCUT2D eigenvalue weighted by Gasteiger charge is 2.23. The zero-order valence-corrected chi connectivity index (χ0v) is 17.2. The fraction of sp³-hybridized carbons (Fsp3) is 0.400. The molecule has 1 heterocycles. The Bertz CT molecular complexity index is 906. The minimum absolute atomic E-state index is 0.00683. The predicted molar refractivity (Wildman–Crippen MR) is 112 cm³/mol. The number of ether oxygens (including phenoxy) is 1. The Morgan fingerprint density at radius 1 is 1.17 bits per heavy atom. The summed E-state index contributed by atoms with van der Waals surface area (Å²) in [6, 6.07) is 4.99. The maximum absolute atomic E-state index is 12.4. The zero-order valence-electron chi connectivity index (χ0n) is 16.4. The number of anilines is 3. The van der Waals surface area contributed by atoms with Crippen molar-refractivity contribution >= 4 is 45.6 Å². The highest BCUT2D eigenvalue weighted by Crippen LogP contribution is 2.29. The molecular formula is C20H24N4O4S. The van der Waals surface area contributed by atoms with Crippen molar-refractivity contribution in [1.82, 2.24) is 4.98 Å². The lowest BCUT2D eigenvalue weighted by Crippen LogP contribution is -2.20. The highest BCUT2D eigenvalue weighted by molar-refractivity contribution is 7.13. The van der Waals surface area contributed by atoms with Gasteiger partial charge in [-0.15, -0.1) is 11.3 Å². The Hall–Kier alpha value is -2.94. The largest absolute Gasteiger partial charge is 0.495 e. The van der Waals surface area contributed by atoms with Crippen molar-refractivity contribution in [2.45, 2.75) is 39.0 Å². The number of benzene rings is 1. The van der Waals surface area contributed by atoms with Gasteiger partial charge in [0.05, 0.1) is 24.9 Å². The van der Waals surface area contributed by atoms with E-state index in [-0.39, 0.29) is 30.1 Å². The first-order chi connectivity index (χ1) is 13.9. The standard InChI is InChI=1S/C20H24N4O4S/c1-12(25)21-14-7-8-17(28-2)16(9-14)23-18(26)10-15-11-29-20(22-15)24-19(27)13-5-3-4-6-13/h7-9,11,13H,3-6,10H2,1-2H3,(H,21,25)(H,23,26)(H,22,24,27). The summed E-state index contributed by atoms with van der Waals surface area (Å²) < 4.78 is 5.26. The maximum atomic E-state index is 12.4. The molecule has 0 unspecified atom stereocenters. The first-order valence-electron chi connectivity index (χ1n) is 9.45. The molecule has 3 N–H and O–H groups in total. The molecule has 2 aromatic rings. The van der Waals surface area contributed by atoms with Crippen LogP contribution in [-0.4, -0.2) is 29.8 Å². The van der Waals surface area contributed by atoms with Crippen LogP contribution in [0.25, 0.3) is 0 Å². The Balaban J connectivity index is 1.60. The SMILES string of the molecule is COc1ccc(NC(C)=O)cc1NC(=O)Cc1csc(NC(=O)C2CCCC2)n1. The zero-order chi connectivity index (χ0) is 20.8. The number of nitrogens with one attached hydrogen (secondary N) is 3. The van der Waals surface area contributed by atoms with Gasteiger partial charge in [-0.1, -0.05) is 12.8 Å². The van der Waals surface area contributed by atoms with E-state index in [0.29, 0.717) is 27.9 Å². The first kappa shape index (κ1) is 20.8. The van der Waals surface area contributed by atoms with Crippen molar-refractivity contribution in [2.75, 3.05) is 23.1 Å². The van der Waals surface area contributed by atoms with Crippen LogP contribution in [0.1, 0.15) is 38.3 Å². The van der Waals surface area contributed by atoms with Gasteiger partial charge < -0.3 is 20.7 Å². The summed E-state index contributed by atoms with van der Waals surface area (Å²) >= 11 is 1.31. The van der Waals surface area contributed by atoms with Crippen molar-refractivity contribution < 1.29 is 19.1 Å². The van der Waals surface area contributed by atoms with Crippen LogP contribution in [0, 0.1) is 5.92 Å². The van der Waals surface area contributed by atoms with Gasteiger partial charge in [-0.05, 0) is 31.0 Å². The van der Waals surface area contributed by atoms with Crippen LogP contribution in [0.5, 0.6) is 5.75 Å². The smallest absolute Gasteiger partial charge is 0.230 e. The molecular weight excluding hydrogens is 392 g/mol. The molecule has 1 aliphatic rings. The lowest BCUT2D eigenvalue weighted by Gasteiger charge is -2.12. The Kier molecular flexibility index (Phi) is 6.82. The summed E-state index contributed by atoms with van der Waals surface area (Å²) in [5.74, 6) is 0.0703. The highest BCUT2D eigenvalue weighted by atomic mass is 32.1. The molecule has 0 aliphatic heterocycles. The number of thiazole rings is 1. The van der Waals surface area contributed by atoms with Crippen LogP contribution in [0.15, 0.2) is 23.6 Å². The minimum atomic E-state index is -0.276. The van der Waals surface area contributed by atoms with Gasteiger partial charge in [0.1, 0.15) is 5.75 Å². The van der Waals surface area contributed by atoms with Crippen molar-refractivity contribution in [3.8, 4) is 5.75 Å². The van der Waals surface area contributed by atoms with Gasteiger partial charge >= 0.3 is 0 Å². The molecule has 29 heavy (non-hydrogen) atoms. The Morgan fingerprint density at radius 3 is 2.62 bits per heavy atom. The monoisotopic (exact) mass is 416 g/mol. The van der Waals surface area contributed by atoms with E-state index < -0.39 is 0 Å². The molecule has 1 fully saturated rings. The minimum Gasteiger partial charge on any atom is -0.495 e. The second-order valence-corrected chi connectivity index (χ2v) is 7.79. The van der Waals surface area contributed by atoms with E-state index in [4.69, 9.17) is 4.74 Å². The topological polar surface area (TPSA) is 109 Å². The molecule has 1 aromatic heterocycles. The van der Waals surface area contributed by atoms with Crippen molar-refractivity contribution in [2.24, 2.45) is 5.92 Å². The second-order valence-electron chi connectivity index (χ2n) is 6.94. The number of carbonyl (C=O) groups excluding carboxylic acids is 3. The molecule has 3 rings (SSSR count). The van der Waals surface area contributed by atoms with E-state index in [1.54, 1.807) is 23.6 Å². The molecule has 0 radical (unpaired) electrons. The van der Waals surface area contributed by atoms with E-state index in [1.165, 1.54) is 25.4 Å². The van der Waals surface area contributed by atoms with Crippen LogP contribution in [0.3, 0.4) is 0 Å². The number of rotatable bonds is 7. The summed E-state index contributed by atoms with van der Waals surface area (Å²) in [6.07, 6.45) is 4.09. The van der Waals surface area contributed by atoms with Crippen LogP contribution < -0.4 is 20.7 Å². The van der Waals surface area contributed by atoms with E-state index in [1.807, 2.05) is 0 Å². The summed E-state index contributed by atoms with van der Waals surface area (Å²) in [5, 5.41) is 10.6. The molecule has 0 spiro atoms. The third-order valence-electron chi connectivity index (χ3n) is 4.64. The van der Waals surface area contributed by atoms with Crippen molar-refractivity contribution in [1.29, 1.82) is 0 Å². The average Bonchev–Trinajstić information content (AvgIpc) is 3.33. The number of amides is 3. The van der Waals surface area contributed by atoms with Crippen LogP contribution >= 0.6 is 11.3 Å². The van der Waals surface area contributed by atoms with Gasteiger partial charge in [0, 0.05) is 23.9 Å². The normalized spacial score (nSPS) is 13.7. The van der Waals surface area contributed by atoms with Crippen LogP contribution in [-0.2, 0) is 20.8 Å². The summed E-state index contributed by atoms with van der Waals surface area (Å²) in [6.45, 7) is 1.41. The van der Waals surface area contributed by atoms with E-state index in [2.05, 4.69) is 20.9 Å². The van der Waals surface area contributed by atoms with Gasteiger partial charge in [-0.3, -0.25) is 14.4 Å². The van der Waals surface area contributed by atoms with Gasteiger partial charge in [-0.2, -0.15) is 0 Å². The lowest BCUT2D eigenvalue weighted by atomic mass is 10.1. The predicted octanol–water partition coefficient (Wildman–Crippen LogP) is 3.42. The third kappa shape index (κ3) is 5.77. The number of nitrogens with zero attached hydrogens (tertiary/aromatic N) is 1. The van der Waals surface area contributed by atoms with E-state index >= 15 is 0 Å². The lowest BCUT2D eigenvalue weighted by molar-refractivity contribution is -0.119. The molecule has 0 bridgehead atoms. The number of carbonyl (C=O) groups is 3. The molecule has 154 valence electrons. The number of aromatic nitrogens is 1. The van der Waals surface area contributed by atoms with Crippen LogP contribution in [0.2, 0.25) is 0 Å². The molecule has 1 saturated carbocycles. The van der Waals surface area contributed by atoms with Gasteiger partial charge in [0.2, 0.25) is 17.7 Å². The Morgan fingerprint density at radius 2 is 1.93 bits per heavy atom. The fourth-order valence-electron chi connectivity index (χ4n) is 3.29. The molecule has 1 aromatic carbocycles. The first-order valence-corrected chi connectivity index (χ1v) is 10.3. The fourth-order valence-corrected chi connectivity index (χ4v) is 4.00. The number of methoxy groups -OCH3 is 1. The quantitative estimate of drug-likeness (QED) is 0.641. The van der Waals surface area contributed by atoms with Gasteiger partial charge in [0.15, 0.2) is 5.13 Å². The van der Waals surface area contributed by atoms with Gasteiger partial charge in [-0.25, -0.2) is 4.98 Å². The molecule has 3 amide bonds. The molecule has 0 atom stereocenters.